The van der Waals surface area contributed by atoms with Gasteiger partial charge < -0.3 is 5.73 Å². The summed E-state index contributed by atoms with van der Waals surface area (Å²) in [5.41, 5.74) is 7.09. The molecule has 0 saturated heterocycles. The van der Waals surface area contributed by atoms with Crippen LogP contribution >= 0.6 is 0 Å². The van der Waals surface area contributed by atoms with E-state index in [1.165, 1.54) is 0 Å². The summed E-state index contributed by atoms with van der Waals surface area (Å²) in [5.74, 6) is 0. The molecular formula is C11H12N2O. The first-order valence-corrected chi connectivity index (χ1v) is 4.22. The second kappa shape index (κ2) is 4.37. The molecule has 3 nitrogen and oxygen atoms in total. The Morgan fingerprint density at radius 3 is 2.43 bits per heavy atom. The minimum Gasteiger partial charge on any atom is -0.396 e. The fraction of sp³-hybridized carbons (Fsp3) is 0.0909. The van der Waals surface area contributed by atoms with Crippen molar-refractivity contribution in [2.24, 2.45) is 5.73 Å². The average Bonchev–Trinajstić information content (AvgIpc) is 2.27. The van der Waals surface area contributed by atoms with Crippen LogP contribution in [0.25, 0.3) is 0 Å². The summed E-state index contributed by atoms with van der Waals surface area (Å²) in [6.07, 6.45) is 0.562. The van der Waals surface area contributed by atoms with Crippen LogP contribution in [-0.2, 0) is 4.79 Å². The Balaban J connectivity index is 3.04. The topological polar surface area (TPSA) is 66.9 Å². The number of nitrogens with one attached hydrogen (secondary N) is 1. The van der Waals surface area contributed by atoms with Gasteiger partial charge in [-0.25, -0.2) is 0 Å². The Kier molecular flexibility index (Phi) is 3.18. The summed E-state index contributed by atoms with van der Waals surface area (Å²) in [6.45, 7) is 1.67. The number of aldehydes is 1. The minimum atomic E-state index is 0.110. The summed E-state index contributed by atoms with van der Waals surface area (Å²) < 4.78 is 0. The second-order valence-corrected chi connectivity index (χ2v) is 2.94. The van der Waals surface area contributed by atoms with Crippen LogP contribution in [0.2, 0.25) is 0 Å². The molecule has 0 heterocycles. The zero-order valence-electron chi connectivity index (χ0n) is 7.95. The molecule has 0 aliphatic rings. The second-order valence-electron chi connectivity index (χ2n) is 2.94. The van der Waals surface area contributed by atoms with Crippen molar-refractivity contribution in [1.82, 2.24) is 0 Å². The molecule has 0 saturated carbocycles. The van der Waals surface area contributed by atoms with Crippen LogP contribution in [0, 0.1) is 5.41 Å². The lowest BCUT2D eigenvalue weighted by atomic mass is 10.0. The van der Waals surface area contributed by atoms with E-state index >= 15 is 0 Å². The SMILES string of the molecule is C/C(C(=N)c1ccccc1)=C(/N)C=O. The Hall–Kier alpha value is -1.90. The number of benzene rings is 1. The smallest absolute Gasteiger partial charge is 0.166 e. The maximum absolute atomic E-state index is 10.4. The Bertz CT molecular complexity index is 380. The van der Waals surface area contributed by atoms with Crippen molar-refractivity contribution in [3.63, 3.8) is 0 Å². The van der Waals surface area contributed by atoms with Gasteiger partial charge in [-0.3, -0.25) is 10.2 Å². The summed E-state index contributed by atoms with van der Waals surface area (Å²) in [5, 5.41) is 7.77. The standard InChI is InChI=1S/C11H12N2O/c1-8(10(12)7-14)11(13)9-5-3-2-4-6-9/h2-7,13H,12H2,1H3/b10-8-,13-11?. The summed E-state index contributed by atoms with van der Waals surface area (Å²) in [4.78, 5) is 10.4. The van der Waals surface area contributed by atoms with Crippen LogP contribution < -0.4 is 5.73 Å². The van der Waals surface area contributed by atoms with E-state index in [1.807, 2.05) is 30.3 Å². The highest BCUT2D eigenvalue weighted by Crippen LogP contribution is 2.08. The molecule has 0 aliphatic carbocycles. The number of allylic oxidation sites excluding steroid dienone is 2. The first-order valence-electron chi connectivity index (χ1n) is 4.22. The first kappa shape index (κ1) is 10.2. The van der Waals surface area contributed by atoms with Gasteiger partial charge in [0.25, 0.3) is 0 Å². The van der Waals surface area contributed by atoms with Crippen molar-refractivity contribution < 1.29 is 4.79 Å². The van der Waals surface area contributed by atoms with Gasteiger partial charge in [-0.2, -0.15) is 0 Å². The third-order valence-electron chi connectivity index (χ3n) is 2.00. The fourth-order valence-electron chi connectivity index (χ4n) is 1.05. The molecule has 3 heteroatoms. The predicted octanol–water partition coefficient (Wildman–Crippen LogP) is 1.49. The van der Waals surface area contributed by atoms with Crippen molar-refractivity contribution in [3.05, 3.63) is 47.2 Å². The van der Waals surface area contributed by atoms with E-state index in [0.717, 1.165) is 5.56 Å². The highest BCUT2D eigenvalue weighted by Gasteiger charge is 2.05. The van der Waals surface area contributed by atoms with Gasteiger partial charge in [0, 0.05) is 5.57 Å². The highest BCUT2D eigenvalue weighted by atomic mass is 16.1. The Morgan fingerprint density at radius 1 is 1.36 bits per heavy atom. The molecule has 3 N–H and O–H groups in total. The average molecular weight is 188 g/mol. The first-order chi connectivity index (χ1) is 6.66. The van der Waals surface area contributed by atoms with Crippen molar-refractivity contribution in [3.8, 4) is 0 Å². The van der Waals surface area contributed by atoms with Crippen molar-refractivity contribution in [1.29, 1.82) is 5.41 Å². The van der Waals surface area contributed by atoms with Crippen LogP contribution in [0.5, 0.6) is 0 Å². The van der Waals surface area contributed by atoms with Crippen LogP contribution in [0.1, 0.15) is 12.5 Å². The molecule has 0 aliphatic heterocycles. The molecule has 1 aromatic rings. The zero-order chi connectivity index (χ0) is 10.6. The lowest BCUT2D eigenvalue weighted by molar-refractivity contribution is -0.105. The van der Waals surface area contributed by atoms with Gasteiger partial charge in [-0.15, -0.1) is 0 Å². The lowest BCUT2D eigenvalue weighted by Gasteiger charge is -2.04. The normalized spacial score (nSPS) is 11.8. The fourth-order valence-corrected chi connectivity index (χ4v) is 1.05. The van der Waals surface area contributed by atoms with Crippen molar-refractivity contribution in [2.75, 3.05) is 0 Å². The molecule has 0 bridgehead atoms. The summed E-state index contributed by atoms with van der Waals surface area (Å²) >= 11 is 0. The third-order valence-corrected chi connectivity index (χ3v) is 2.00. The van der Waals surface area contributed by atoms with E-state index in [4.69, 9.17) is 11.1 Å². The maximum Gasteiger partial charge on any atom is 0.166 e. The quantitative estimate of drug-likeness (QED) is 0.428. The number of hydrogen-bond acceptors (Lipinski definition) is 3. The molecule has 0 amide bonds. The zero-order valence-corrected chi connectivity index (χ0v) is 7.95. The maximum atomic E-state index is 10.4. The van der Waals surface area contributed by atoms with Crippen LogP contribution in [0.15, 0.2) is 41.6 Å². The predicted molar refractivity (Wildman–Crippen MR) is 56.2 cm³/mol. The summed E-state index contributed by atoms with van der Waals surface area (Å²) in [7, 11) is 0. The number of hydrogen-bond donors (Lipinski definition) is 2. The van der Waals surface area contributed by atoms with Gasteiger partial charge >= 0.3 is 0 Å². The number of carbonyl (C=O) groups is 1. The number of nitrogens with two attached hydrogens (primary N) is 1. The van der Waals surface area contributed by atoms with E-state index in [-0.39, 0.29) is 11.4 Å². The third kappa shape index (κ3) is 2.07. The molecule has 0 atom stereocenters. The van der Waals surface area contributed by atoms with Crippen LogP contribution in [0.4, 0.5) is 0 Å². The molecule has 0 spiro atoms. The van der Waals surface area contributed by atoms with Crippen LogP contribution in [0.3, 0.4) is 0 Å². The van der Waals surface area contributed by atoms with Gasteiger partial charge in [0.2, 0.25) is 0 Å². The summed E-state index contributed by atoms with van der Waals surface area (Å²) in [6, 6.07) is 9.18. The molecule has 0 fully saturated rings. The highest BCUT2D eigenvalue weighted by molar-refractivity contribution is 6.12. The van der Waals surface area contributed by atoms with Gasteiger partial charge in [0.05, 0.1) is 11.4 Å². The van der Waals surface area contributed by atoms with Gasteiger partial charge in [0.1, 0.15) is 0 Å². The molecule has 72 valence electrons. The molecular weight excluding hydrogens is 176 g/mol. The molecule has 0 radical (unpaired) electrons. The Labute approximate surface area is 82.8 Å². The van der Waals surface area contributed by atoms with Crippen molar-refractivity contribution in [2.45, 2.75) is 6.92 Å². The van der Waals surface area contributed by atoms with Gasteiger partial charge in [-0.1, -0.05) is 30.3 Å². The van der Waals surface area contributed by atoms with Gasteiger partial charge in [0.15, 0.2) is 6.29 Å². The van der Waals surface area contributed by atoms with Crippen molar-refractivity contribution >= 4 is 12.0 Å². The molecule has 14 heavy (non-hydrogen) atoms. The van der Waals surface area contributed by atoms with E-state index in [1.54, 1.807) is 6.92 Å². The Morgan fingerprint density at radius 2 is 1.93 bits per heavy atom. The molecule has 1 rings (SSSR count). The number of rotatable bonds is 3. The minimum absolute atomic E-state index is 0.110. The van der Waals surface area contributed by atoms with E-state index < -0.39 is 0 Å². The largest absolute Gasteiger partial charge is 0.396 e. The van der Waals surface area contributed by atoms with Crippen LogP contribution in [-0.4, -0.2) is 12.0 Å². The molecule has 0 unspecified atom stereocenters. The monoisotopic (exact) mass is 188 g/mol. The molecule has 1 aromatic carbocycles. The van der Waals surface area contributed by atoms with E-state index in [9.17, 15) is 4.79 Å². The number of carbonyl (C=O) groups excluding carboxylic acids is 1. The van der Waals surface area contributed by atoms with E-state index in [0.29, 0.717) is 11.9 Å². The molecule has 0 aromatic heterocycles. The van der Waals surface area contributed by atoms with Gasteiger partial charge in [-0.05, 0) is 12.5 Å². The lowest BCUT2D eigenvalue weighted by Crippen LogP contribution is -2.10. The van der Waals surface area contributed by atoms with E-state index in [2.05, 4.69) is 0 Å².